The molecule has 0 aromatic heterocycles. The number of fused-ring (bicyclic) bond motifs is 1. The largest absolute Gasteiger partial charge is 0.425 e. The van der Waals surface area contributed by atoms with E-state index in [0.717, 1.165) is 0 Å². The third-order valence-corrected chi connectivity index (χ3v) is 1.83. The van der Waals surface area contributed by atoms with Gasteiger partial charge in [-0.3, -0.25) is 9.59 Å². The molecule has 1 aliphatic rings. The van der Waals surface area contributed by atoms with E-state index in [2.05, 4.69) is 0 Å². The molecule has 0 amide bonds. The van der Waals surface area contributed by atoms with E-state index >= 15 is 0 Å². The second-order valence-corrected chi connectivity index (χ2v) is 2.83. The summed E-state index contributed by atoms with van der Waals surface area (Å²) in [6, 6.07) is 4.65. The number of ketones is 1. The third kappa shape index (κ3) is 1.26. The number of carbonyl (C=O) groups is 2. The maximum atomic E-state index is 11.3. The monoisotopic (exact) mass is 177 g/mol. The molecule has 0 saturated carbocycles. The van der Waals surface area contributed by atoms with E-state index in [1.165, 1.54) is 6.07 Å². The third-order valence-electron chi connectivity index (χ3n) is 1.83. The number of nitrogens with two attached hydrogens (primary N) is 1. The van der Waals surface area contributed by atoms with Crippen LogP contribution >= 0.6 is 0 Å². The maximum absolute atomic E-state index is 11.3. The summed E-state index contributed by atoms with van der Waals surface area (Å²) in [5.74, 6) is -0.476. The number of carbonyl (C=O) groups excluding carboxylic acids is 2. The van der Waals surface area contributed by atoms with Gasteiger partial charge in [0.05, 0.1) is 5.56 Å². The minimum Gasteiger partial charge on any atom is -0.425 e. The summed E-state index contributed by atoms with van der Waals surface area (Å²) in [6.07, 6.45) is -0.184. The van der Waals surface area contributed by atoms with Crippen LogP contribution in [0.5, 0.6) is 5.75 Å². The normalized spacial score (nSPS) is 15.1. The van der Waals surface area contributed by atoms with Gasteiger partial charge in [0, 0.05) is 11.8 Å². The quantitative estimate of drug-likeness (QED) is 0.275. The van der Waals surface area contributed by atoms with Crippen molar-refractivity contribution in [1.82, 2.24) is 0 Å². The van der Waals surface area contributed by atoms with E-state index in [4.69, 9.17) is 10.5 Å². The molecule has 0 unspecified atom stereocenters. The number of hydrogen-bond acceptors (Lipinski definition) is 4. The predicted molar refractivity (Wildman–Crippen MR) is 45.4 cm³/mol. The van der Waals surface area contributed by atoms with Crippen LogP contribution in [0.2, 0.25) is 0 Å². The van der Waals surface area contributed by atoms with Crippen molar-refractivity contribution in [3.8, 4) is 5.75 Å². The Kier molecular flexibility index (Phi) is 1.55. The Labute approximate surface area is 74.3 Å². The van der Waals surface area contributed by atoms with Gasteiger partial charge >= 0.3 is 5.97 Å². The highest BCUT2D eigenvalue weighted by Gasteiger charge is 2.24. The zero-order valence-corrected chi connectivity index (χ0v) is 6.74. The van der Waals surface area contributed by atoms with Crippen molar-refractivity contribution in [3.63, 3.8) is 0 Å². The molecule has 2 N–H and O–H groups in total. The Morgan fingerprint density at radius 3 is 2.85 bits per heavy atom. The van der Waals surface area contributed by atoms with Crippen molar-refractivity contribution >= 4 is 17.4 Å². The molecule has 1 aromatic carbocycles. The Balaban J connectivity index is 2.55. The lowest BCUT2D eigenvalue weighted by molar-refractivity contribution is -0.133. The molecule has 0 atom stereocenters. The first kappa shape index (κ1) is 7.79. The molecule has 0 saturated heterocycles. The lowest BCUT2D eigenvalue weighted by atomic mass is 10.0. The van der Waals surface area contributed by atoms with Crippen molar-refractivity contribution in [2.24, 2.45) is 0 Å². The number of ether oxygens (including phenoxy) is 1. The van der Waals surface area contributed by atoms with Crippen molar-refractivity contribution < 1.29 is 14.3 Å². The van der Waals surface area contributed by atoms with Crippen LogP contribution in [0, 0.1) is 0 Å². The highest BCUT2D eigenvalue weighted by atomic mass is 16.5. The topological polar surface area (TPSA) is 69.4 Å². The molecule has 1 heterocycles. The zero-order chi connectivity index (χ0) is 9.42. The number of esters is 1. The van der Waals surface area contributed by atoms with Gasteiger partial charge in [0.15, 0.2) is 5.78 Å². The van der Waals surface area contributed by atoms with Gasteiger partial charge < -0.3 is 10.5 Å². The molecule has 0 fully saturated rings. The van der Waals surface area contributed by atoms with Crippen LogP contribution in [0.1, 0.15) is 16.8 Å². The summed E-state index contributed by atoms with van der Waals surface area (Å²) in [5.41, 5.74) is 6.37. The van der Waals surface area contributed by atoms with Crippen molar-refractivity contribution in [2.45, 2.75) is 6.42 Å². The van der Waals surface area contributed by atoms with Crippen LogP contribution in [0.3, 0.4) is 0 Å². The molecule has 4 nitrogen and oxygen atoms in total. The molecule has 2 rings (SSSR count). The van der Waals surface area contributed by atoms with Crippen LogP contribution < -0.4 is 10.5 Å². The molecular weight excluding hydrogens is 170 g/mol. The minimum atomic E-state index is -0.525. The van der Waals surface area contributed by atoms with E-state index < -0.39 is 5.97 Å². The zero-order valence-electron chi connectivity index (χ0n) is 6.74. The summed E-state index contributed by atoms with van der Waals surface area (Å²) in [6.45, 7) is 0. The van der Waals surface area contributed by atoms with Gasteiger partial charge in [-0.2, -0.15) is 0 Å². The van der Waals surface area contributed by atoms with Gasteiger partial charge in [-0.05, 0) is 12.1 Å². The molecule has 4 heteroatoms. The van der Waals surface area contributed by atoms with Crippen LogP contribution in [0.25, 0.3) is 0 Å². The Bertz CT molecular complexity index is 398. The number of Topliss-reactive ketones (excluding diaryl/α,β-unsaturated/α-hetero) is 1. The lowest BCUT2D eigenvalue weighted by Gasteiger charge is -2.14. The molecular formula is C9H7NO3. The second-order valence-electron chi connectivity index (χ2n) is 2.83. The van der Waals surface area contributed by atoms with Crippen molar-refractivity contribution in [1.29, 1.82) is 0 Å². The maximum Gasteiger partial charge on any atom is 0.319 e. The first-order valence-electron chi connectivity index (χ1n) is 3.80. The van der Waals surface area contributed by atoms with Gasteiger partial charge in [-0.1, -0.05) is 0 Å². The summed E-state index contributed by atoms with van der Waals surface area (Å²) >= 11 is 0. The molecule has 0 aliphatic carbocycles. The average Bonchev–Trinajstić information content (AvgIpc) is 2.02. The van der Waals surface area contributed by atoms with Crippen molar-refractivity contribution in [2.75, 3.05) is 5.73 Å². The molecule has 66 valence electrons. The predicted octanol–water partition coefficient (Wildman–Crippen LogP) is 0.761. The minimum absolute atomic E-state index is 0.184. The van der Waals surface area contributed by atoms with Gasteiger partial charge in [-0.25, -0.2) is 0 Å². The van der Waals surface area contributed by atoms with Crippen LogP contribution in [-0.2, 0) is 4.79 Å². The SMILES string of the molecule is Nc1ccc2c(c1)OC(=O)CC2=O. The summed E-state index contributed by atoms with van der Waals surface area (Å²) < 4.78 is 4.84. The summed E-state index contributed by atoms with van der Waals surface area (Å²) in [7, 11) is 0. The second kappa shape index (κ2) is 2.58. The Morgan fingerprint density at radius 1 is 1.31 bits per heavy atom. The van der Waals surface area contributed by atoms with E-state index in [0.29, 0.717) is 11.3 Å². The fourth-order valence-electron chi connectivity index (χ4n) is 1.24. The fourth-order valence-corrected chi connectivity index (χ4v) is 1.24. The van der Waals surface area contributed by atoms with E-state index in [9.17, 15) is 9.59 Å². The summed E-state index contributed by atoms with van der Waals surface area (Å²) in [5, 5.41) is 0. The summed E-state index contributed by atoms with van der Waals surface area (Å²) in [4.78, 5) is 22.1. The Morgan fingerprint density at radius 2 is 2.08 bits per heavy atom. The van der Waals surface area contributed by atoms with Gasteiger partial charge in [-0.15, -0.1) is 0 Å². The fraction of sp³-hybridized carbons (Fsp3) is 0.111. The standard InChI is InChI=1S/C9H7NO3/c10-5-1-2-6-7(11)4-9(12)13-8(6)3-5/h1-3H,4,10H2. The van der Waals surface area contributed by atoms with Crippen LogP contribution in [0.15, 0.2) is 18.2 Å². The highest BCUT2D eigenvalue weighted by molar-refractivity contribution is 6.11. The van der Waals surface area contributed by atoms with Gasteiger partial charge in [0.2, 0.25) is 0 Å². The Hall–Kier alpha value is -1.84. The molecule has 13 heavy (non-hydrogen) atoms. The van der Waals surface area contributed by atoms with E-state index in [-0.39, 0.29) is 18.0 Å². The lowest BCUT2D eigenvalue weighted by Crippen LogP contribution is -2.21. The van der Waals surface area contributed by atoms with Gasteiger partial charge in [0.25, 0.3) is 0 Å². The first-order chi connectivity index (χ1) is 6.16. The molecule has 0 radical (unpaired) electrons. The highest BCUT2D eigenvalue weighted by Crippen LogP contribution is 2.26. The van der Waals surface area contributed by atoms with Gasteiger partial charge in [0.1, 0.15) is 12.2 Å². The molecule has 1 aromatic rings. The molecule has 0 spiro atoms. The van der Waals surface area contributed by atoms with E-state index in [1.54, 1.807) is 12.1 Å². The molecule has 0 bridgehead atoms. The van der Waals surface area contributed by atoms with E-state index in [1.807, 2.05) is 0 Å². The molecule has 1 aliphatic heterocycles. The number of nitrogen functional groups attached to an aromatic ring is 1. The van der Waals surface area contributed by atoms with Crippen LogP contribution in [-0.4, -0.2) is 11.8 Å². The number of rotatable bonds is 0. The van der Waals surface area contributed by atoms with Crippen molar-refractivity contribution in [3.05, 3.63) is 23.8 Å². The number of anilines is 1. The first-order valence-corrected chi connectivity index (χ1v) is 3.80. The number of benzene rings is 1. The van der Waals surface area contributed by atoms with Crippen LogP contribution in [0.4, 0.5) is 5.69 Å². The average molecular weight is 177 g/mol. The smallest absolute Gasteiger partial charge is 0.319 e. The number of hydrogen-bond donors (Lipinski definition) is 1.